The van der Waals surface area contributed by atoms with Crippen molar-refractivity contribution in [3.05, 3.63) is 78.4 Å². The van der Waals surface area contributed by atoms with Crippen LogP contribution in [0.3, 0.4) is 0 Å². The maximum atomic E-state index is 11.9. The summed E-state index contributed by atoms with van der Waals surface area (Å²) in [5, 5.41) is 4.64. The summed E-state index contributed by atoms with van der Waals surface area (Å²) in [5.74, 6) is 0.969. The van der Waals surface area contributed by atoms with E-state index in [2.05, 4.69) is 10.1 Å². The van der Waals surface area contributed by atoms with Crippen LogP contribution in [-0.4, -0.2) is 23.0 Å². The Morgan fingerprint density at radius 3 is 2.54 bits per heavy atom. The van der Waals surface area contributed by atoms with Crippen LogP contribution in [0.25, 0.3) is 5.69 Å². The van der Waals surface area contributed by atoms with Crippen molar-refractivity contribution in [2.24, 2.45) is 4.99 Å². The molecular weight excluding hydrogens is 306 g/mol. The van der Waals surface area contributed by atoms with Gasteiger partial charge in [-0.1, -0.05) is 24.3 Å². The van der Waals surface area contributed by atoms with Gasteiger partial charge in [-0.2, -0.15) is 10.1 Å². The van der Waals surface area contributed by atoms with Crippen LogP contribution in [0.2, 0.25) is 0 Å². The van der Waals surface area contributed by atoms with Crippen molar-refractivity contribution >= 4 is 6.09 Å². The molecule has 0 fully saturated rings. The smallest absolute Gasteiger partial charge is 0.439 e. The summed E-state index contributed by atoms with van der Waals surface area (Å²) in [7, 11) is 1.54. The number of amides is 1. The molecule has 0 aliphatic heterocycles. The molecule has 0 spiro atoms. The Morgan fingerprint density at radius 2 is 1.83 bits per heavy atom. The number of hydrogen-bond donors (Lipinski definition) is 0. The summed E-state index contributed by atoms with van der Waals surface area (Å²) >= 11 is 0. The van der Waals surface area contributed by atoms with Crippen molar-refractivity contribution in [1.82, 2.24) is 9.78 Å². The molecule has 0 atom stereocenters. The molecule has 6 heteroatoms. The minimum atomic E-state index is -0.720. The standard InChI is InChI=1S/C18H15N3O3/c1-23-16-8-5-9-17(12-16)24-18(22)20-14-10-11-21(19-13-14)15-6-3-2-4-7-15/h2-13H,1H3. The fraction of sp³-hybridized carbons (Fsp3) is 0.0556. The number of rotatable bonds is 3. The molecule has 0 unspecified atom stereocenters. The van der Waals surface area contributed by atoms with Crippen molar-refractivity contribution in [1.29, 1.82) is 0 Å². The molecule has 0 aliphatic rings. The second-order valence-electron chi connectivity index (χ2n) is 4.82. The normalized spacial score (nSPS) is 11.1. The fourth-order valence-electron chi connectivity index (χ4n) is 2.04. The lowest BCUT2D eigenvalue weighted by atomic mass is 10.3. The molecule has 120 valence electrons. The van der Waals surface area contributed by atoms with Gasteiger partial charge in [0.2, 0.25) is 0 Å². The van der Waals surface area contributed by atoms with Crippen molar-refractivity contribution < 1.29 is 14.3 Å². The number of nitrogens with zero attached hydrogens (tertiary/aromatic N) is 3. The number of para-hydroxylation sites is 1. The Kier molecular flexibility index (Phi) is 4.67. The van der Waals surface area contributed by atoms with Gasteiger partial charge in [0.25, 0.3) is 0 Å². The zero-order valence-electron chi connectivity index (χ0n) is 13.0. The lowest BCUT2D eigenvalue weighted by molar-refractivity contribution is 0.210. The predicted octanol–water partition coefficient (Wildman–Crippen LogP) is 2.98. The van der Waals surface area contributed by atoms with E-state index in [-0.39, 0.29) is 0 Å². The summed E-state index contributed by atoms with van der Waals surface area (Å²) in [4.78, 5) is 15.7. The molecule has 3 aromatic rings. The van der Waals surface area contributed by atoms with Crippen LogP contribution in [0.4, 0.5) is 4.79 Å². The molecule has 3 rings (SSSR count). The van der Waals surface area contributed by atoms with Gasteiger partial charge in [-0.3, -0.25) is 0 Å². The fourth-order valence-corrected chi connectivity index (χ4v) is 2.04. The number of ether oxygens (including phenoxy) is 2. The van der Waals surface area contributed by atoms with Crippen molar-refractivity contribution in [2.45, 2.75) is 0 Å². The largest absolute Gasteiger partial charge is 0.497 e. The second kappa shape index (κ2) is 7.23. The summed E-state index contributed by atoms with van der Waals surface area (Å²) < 4.78 is 11.9. The third-order valence-corrected chi connectivity index (χ3v) is 3.19. The Balaban J connectivity index is 1.74. The Morgan fingerprint density at radius 1 is 1.04 bits per heavy atom. The highest BCUT2D eigenvalue weighted by Crippen LogP contribution is 2.19. The molecule has 6 nitrogen and oxygen atoms in total. The SMILES string of the molecule is COc1cccc(OC(=O)N=c2ccn(-c3ccccc3)nc2)c1. The highest BCUT2D eigenvalue weighted by atomic mass is 16.5. The predicted molar refractivity (Wildman–Crippen MR) is 88.1 cm³/mol. The van der Waals surface area contributed by atoms with Gasteiger partial charge in [-0.25, -0.2) is 9.48 Å². The van der Waals surface area contributed by atoms with Crippen LogP contribution >= 0.6 is 0 Å². The molecule has 0 saturated carbocycles. The first-order chi connectivity index (χ1) is 11.7. The van der Waals surface area contributed by atoms with E-state index in [0.29, 0.717) is 16.9 Å². The Bertz CT molecular complexity index is 884. The van der Waals surface area contributed by atoms with Gasteiger partial charge in [0.1, 0.15) is 11.5 Å². The molecular formula is C18H15N3O3. The van der Waals surface area contributed by atoms with E-state index < -0.39 is 6.09 Å². The molecule has 0 aliphatic carbocycles. The zero-order chi connectivity index (χ0) is 16.8. The second-order valence-corrected chi connectivity index (χ2v) is 4.82. The van der Waals surface area contributed by atoms with Crippen molar-refractivity contribution in [2.75, 3.05) is 7.11 Å². The average molecular weight is 321 g/mol. The van der Waals surface area contributed by atoms with Crippen LogP contribution in [0, 0.1) is 0 Å². The quantitative estimate of drug-likeness (QED) is 0.744. The zero-order valence-corrected chi connectivity index (χ0v) is 13.0. The molecule has 1 amide bonds. The van der Waals surface area contributed by atoms with Gasteiger partial charge in [-0.15, -0.1) is 0 Å². The van der Waals surface area contributed by atoms with E-state index in [9.17, 15) is 4.79 Å². The first-order valence-electron chi connectivity index (χ1n) is 7.25. The number of carbonyl (C=O) groups excluding carboxylic acids is 1. The molecule has 2 aromatic carbocycles. The van der Waals surface area contributed by atoms with Gasteiger partial charge in [0.05, 0.1) is 24.4 Å². The van der Waals surface area contributed by atoms with Crippen LogP contribution in [-0.2, 0) is 0 Å². The number of aromatic nitrogens is 2. The minimum absolute atomic E-state index is 0.367. The van der Waals surface area contributed by atoms with Crippen LogP contribution in [0.1, 0.15) is 0 Å². The van der Waals surface area contributed by atoms with Gasteiger partial charge in [-0.05, 0) is 30.3 Å². The molecule has 0 saturated heterocycles. The van der Waals surface area contributed by atoms with Gasteiger partial charge < -0.3 is 9.47 Å². The van der Waals surface area contributed by atoms with Crippen molar-refractivity contribution in [3.8, 4) is 17.2 Å². The summed E-state index contributed by atoms with van der Waals surface area (Å²) in [5.41, 5.74) is 0.919. The number of hydrogen-bond acceptors (Lipinski definition) is 4. The van der Waals surface area contributed by atoms with Gasteiger partial charge in [0, 0.05) is 12.3 Å². The van der Waals surface area contributed by atoms with E-state index >= 15 is 0 Å². The summed E-state index contributed by atoms with van der Waals surface area (Å²) in [6, 6.07) is 18.1. The highest BCUT2D eigenvalue weighted by molar-refractivity contribution is 5.71. The molecule has 24 heavy (non-hydrogen) atoms. The lowest BCUT2D eigenvalue weighted by Crippen LogP contribution is -2.13. The minimum Gasteiger partial charge on any atom is -0.497 e. The first-order valence-corrected chi connectivity index (χ1v) is 7.25. The number of benzene rings is 2. The van der Waals surface area contributed by atoms with Crippen molar-refractivity contribution in [3.63, 3.8) is 0 Å². The maximum absolute atomic E-state index is 11.9. The summed E-state index contributed by atoms with van der Waals surface area (Å²) in [6.07, 6.45) is 2.51. The number of methoxy groups -OCH3 is 1. The Hall–Kier alpha value is -3.41. The molecule has 0 radical (unpaired) electrons. The average Bonchev–Trinajstić information content (AvgIpc) is 2.63. The highest BCUT2D eigenvalue weighted by Gasteiger charge is 2.03. The van der Waals surface area contributed by atoms with E-state index in [0.717, 1.165) is 5.69 Å². The third-order valence-electron chi connectivity index (χ3n) is 3.19. The lowest BCUT2D eigenvalue weighted by Gasteiger charge is -2.04. The van der Waals surface area contributed by atoms with E-state index in [1.165, 1.54) is 6.20 Å². The van der Waals surface area contributed by atoms with E-state index in [4.69, 9.17) is 9.47 Å². The maximum Gasteiger partial charge on any atom is 0.439 e. The van der Waals surface area contributed by atoms with Gasteiger partial charge >= 0.3 is 6.09 Å². The molecule has 1 aromatic heterocycles. The van der Waals surface area contributed by atoms with Crippen LogP contribution < -0.4 is 14.8 Å². The Labute approximate surface area is 138 Å². The molecule has 0 bridgehead atoms. The number of carbonyl (C=O) groups is 1. The third kappa shape index (κ3) is 3.86. The van der Waals surface area contributed by atoms with Crippen LogP contribution in [0.5, 0.6) is 11.5 Å². The van der Waals surface area contributed by atoms with Crippen LogP contribution in [0.15, 0.2) is 78.0 Å². The molecule has 0 N–H and O–H groups in total. The topological polar surface area (TPSA) is 65.7 Å². The molecule has 1 heterocycles. The monoisotopic (exact) mass is 321 g/mol. The van der Waals surface area contributed by atoms with E-state index in [1.54, 1.807) is 48.3 Å². The first kappa shape index (κ1) is 15.5. The summed E-state index contributed by atoms with van der Waals surface area (Å²) in [6.45, 7) is 0. The van der Waals surface area contributed by atoms with Gasteiger partial charge in [0.15, 0.2) is 0 Å². The van der Waals surface area contributed by atoms with E-state index in [1.807, 2.05) is 30.3 Å².